The van der Waals surface area contributed by atoms with Crippen molar-refractivity contribution < 1.29 is 18.4 Å². The first kappa shape index (κ1) is 18.0. The lowest BCUT2D eigenvalue weighted by atomic mass is 10.0. The summed E-state index contributed by atoms with van der Waals surface area (Å²) < 4.78 is 27.3. The first-order chi connectivity index (χ1) is 12.6. The quantitative estimate of drug-likeness (QED) is 0.786. The molecular weight excluding hydrogens is 338 g/mol. The van der Waals surface area contributed by atoms with Crippen LogP contribution < -0.4 is 0 Å². The summed E-state index contributed by atoms with van der Waals surface area (Å²) in [6, 6.07) is 12.5. The van der Waals surface area contributed by atoms with E-state index in [0.29, 0.717) is 36.2 Å². The predicted octanol–water partition coefficient (Wildman–Crippen LogP) is 3.90. The monoisotopic (exact) mass is 358 g/mol. The summed E-state index contributed by atoms with van der Waals surface area (Å²) >= 11 is 0. The number of carbonyl (C=O) groups excluding carboxylic acids is 1. The van der Waals surface area contributed by atoms with E-state index in [1.165, 1.54) is 18.2 Å². The molecule has 1 aliphatic rings. The highest BCUT2D eigenvalue weighted by Gasteiger charge is 2.27. The van der Waals surface area contributed by atoms with Gasteiger partial charge in [-0.25, -0.2) is 8.78 Å². The van der Waals surface area contributed by atoms with Gasteiger partial charge in [0.1, 0.15) is 11.6 Å². The lowest BCUT2D eigenvalue weighted by Crippen LogP contribution is -2.37. The zero-order valence-corrected chi connectivity index (χ0v) is 14.5. The van der Waals surface area contributed by atoms with Gasteiger partial charge < -0.3 is 9.74 Å². The highest BCUT2D eigenvalue weighted by atomic mass is 19.1. The molecule has 1 aliphatic heterocycles. The molecule has 6 heteroatoms. The first-order valence-electron chi connectivity index (χ1n) is 8.56. The van der Waals surface area contributed by atoms with Gasteiger partial charge in [0, 0.05) is 30.5 Å². The van der Waals surface area contributed by atoms with Gasteiger partial charge in [-0.05, 0) is 18.2 Å². The Kier molecular flexibility index (Phi) is 5.61. The van der Waals surface area contributed by atoms with Crippen LogP contribution in [0.25, 0.3) is 0 Å². The Hall–Kier alpha value is -2.76. The third-order valence-corrected chi connectivity index (χ3v) is 4.29. The standard InChI is InChI=1S/C20H20F2N2O2/c1-2-20(25)24(12-15-6-3-4-9-18(15)22)13-17-11-19(23-26-17)14-7-5-8-16(21)10-14/h3-10,17H,2,11-13H2,1H3/t17-/m0/s1. The summed E-state index contributed by atoms with van der Waals surface area (Å²) in [7, 11) is 0. The van der Waals surface area contributed by atoms with Crippen LogP contribution in [0.3, 0.4) is 0 Å². The smallest absolute Gasteiger partial charge is 0.222 e. The summed E-state index contributed by atoms with van der Waals surface area (Å²) in [5.41, 5.74) is 1.76. The largest absolute Gasteiger partial charge is 0.390 e. The van der Waals surface area contributed by atoms with Crippen molar-refractivity contribution in [1.29, 1.82) is 0 Å². The summed E-state index contributed by atoms with van der Waals surface area (Å²) in [5.74, 6) is -0.766. The molecule has 0 saturated heterocycles. The van der Waals surface area contributed by atoms with E-state index in [9.17, 15) is 13.6 Å². The molecule has 0 aliphatic carbocycles. The maximum atomic E-state index is 13.9. The Labute approximate surface area is 151 Å². The Bertz CT molecular complexity index is 823. The third kappa shape index (κ3) is 4.25. The van der Waals surface area contributed by atoms with Gasteiger partial charge >= 0.3 is 0 Å². The van der Waals surface area contributed by atoms with Crippen LogP contribution >= 0.6 is 0 Å². The Morgan fingerprint density at radius 1 is 1.23 bits per heavy atom. The molecule has 1 atom stereocenters. The van der Waals surface area contributed by atoms with E-state index in [0.717, 1.165) is 0 Å². The van der Waals surface area contributed by atoms with Crippen molar-refractivity contribution in [3.8, 4) is 0 Å². The molecule has 0 fully saturated rings. The van der Waals surface area contributed by atoms with Crippen LogP contribution in [0.15, 0.2) is 53.7 Å². The van der Waals surface area contributed by atoms with Crippen molar-refractivity contribution in [3.05, 3.63) is 71.3 Å². The van der Waals surface area contributed by atoms with Crippen LogP contribution in [-0.4, -0.2) is 29.2 Å². The normalized spacial score (nSPS) is 16.1. The molecule has 0 N–H and O–H groups in total. The van der Waals surface area contributed by atoms with Gasteiger partial charge in [0.2, 0.25) is 5.91 Å². The number of nitrogens with zero attached hydrogens (tertiary/aromatic N) is 2. The minimum atomic E-state index is -0.342. The van der Waals surface area contributed by atoms with Gasteiger partial charge in [-0.15, -0.1) is 0 Å². The number of carbonyl (C=O) groups is 1. The second-order valence-corrected chi connectivity index (χ2v) is 6.20. The van der Waals surface area contributed by atoms with Crippen molar-refractivity contribution in [2.75, 3.05) is 6.54 Å². The fourth-order valence-electron chi connectivity index (χ4n) is 2.92. The molecule has 0 aromatic heterocycles. The second kappa shape index (κ2) is 8.08. The number of hydrogen-bond donors (Lipinski definition) is 0. The van der Waals surface area contributed by atoms with Crippen LogP contribution in [-0.2, 0) is 16.2 Å². The van der Waals surface area contributed by atoms with Crippen molar-refractivity contribution >= 4 is 11.6 Å². The van der Waals surface area contributed by atoms with Gasteiger partial charge in [0.05, 0.1) is 12.3 Å². The summed E-state index contributed by atoms with van der Waals surface area (Å²) in [6.07, 6.45) is 0.447. The van der Waals surface area contributed by atoms with Gasteiger partial charge in [0.25, 0.3) is 0 Å². The van der Waals surface area contributed by atoms with E-state index in [4.69, 9.17) is 4.84 Å². The van der Waals surface area contributed by atoms with Crippen molar-refractivity contribution in [2.45, 2.75) is 32.4 Å². The highest BCUT2D eigenvalue weighted by Crippen LogP contribution is 2.20. The molecule has 3 rings (SSSR count). The van der Waals surface area contributed by atoms with Crippen molar-refractivity contribution in [1.82, 2.24) is 4.90 Å². The maximum Gasteiger partial charge on any atom is 0.222 e. The van der Waals surface area contributed by atoms with Crippen molar-refractivity contribution in [2.24, 2.45) is 5.16 Å². The molecule has 0 radical (unpaired) electrons. The van der Waals surface area contributed by atoms with Gasteiger partial charge in [-0.1, -0.05) is 42.4 Å². The average molecular weight is 358 g/mol. The molecule has 26 heavy (non-hydrogen) atoms. The fourth-order valence-corrected chi connectivity index (χ4v) is 2.92. The van der Waals surface area contributed by atoms with Crippen molar-refractivity contribution in [3.63, 3.8) is 0 Å². The van der Waals surface area contributed by atoms with E-state index < -0.39 is 0 Å². The molecule has 2 aromatic rings. The number of rotatable bonds is 6. The van der Waals surface area contributed by atoms with Gasteiger partial charge in [-0.3, -0.25) is 4.79 Å². The number of benzene rings is 2. The molecule has 0 bridgehead atoms. The molecule has 1 heterocycles. The number of halogens is 2. The molecule has 2 aromatic carbocycles. The Morgan fingerprint density at radius 3 is 2.77 bits per heavy atom. The lowest BCUT2D eigenvalue weighted by Gasteiger charge is -2.24. The van der Waals surface area contributed by atoms with Crippen LogP contribution in [0.5, 0.6) is 0 Å². The molecule has 0 saturated carbocycles. The molecule has 136 valence electrons. The number of amides is 1. The van der Waals surface area contributed by atoms with Gasteiger partial charge in [0.15, 0.2) is 6.10 Å². The van der Waals surface area contributed by atoms with E-state index in [-0.39, 0.29) is 30.2 Å². The second-order valence-electron chi connectivity index (χ2n) is 6.20. The predicted molar refractivity (Wildman–Crippen MR) is 94.5 cm³/mol. The summed E-state index contributed by atoms with van der Waals surface area (Å²) in [4.78, 5) is 19.3. The summed E-state index contributed by atoms with van der Waals surface area (Å²) in [5, 5.41) is 4.03. The molecule has 4 nitrogen and oxygen atoms in total. The fraction of sp³-hybridized carbons (Fsp3) is 0.300. The lowest BCUT2D eigenvalue weighted by molar-refractivity contribution is -0.133. The molecule has 1 amide bonds. The topological polar surface area (TPSA) is 41.9 Å². The number of oxime groups is 1. The van der Waals surface area contributed by atoms with Crippen LogP contribution in [0.2, 0.25) is 0 Å². The minimum absolute atomic E-state index is 0.0870. The Morgan fingerprint density at radius 2 is 2.04 bits per heavy atom. The first-order valence-corrected chi connectivity index (χ1v) is 8.56. The molecule has 0 unspecified atom stereocenters. The molecule has 0 spiro atoms. The average Bonchev–Trinajstić information content (AvgIpc) is 3.11. The SMILES string of the molecule is CCC(=O)N(Cc1ccccc1F)C[C@@H]1CC(c2cccc(F)c2)=NO1. The number of hydrogen-bond acceptors (Lipinski definition) is 3. The van der Waals surface area contributed by atoms with E-state index >= 15 is 0 Å². The highest BCUT2D eigenvalue weighted by molar-refractivity contribution is 6.01. The van der Waals surface area contributed by atoms with Crippen LogP contribution in [0.1, 0.15) is 30.9 Å². The zero-order chi connectivity index (χ0) is 18.5. The zero-order valence-electron chi connectivity index (χ0n) is 14.5. The minimum Gasteiger partial charge on any atom is -0.390 e. The summed E-state index contributed by atoms with van der Waals surface area (Å²) in [6.45, 7) is 2.23. The van der Waals surface area contributed by atoms with E-state index in [2.05, 4.69) is 5.16 Å². The van der Waals surface area contributed by atoms with E-state index in [1.54, 1.807) is 42.2 Å². The molecular formula is C20H20F2N2O2. The van der Waals surface area contributed by atoms with E-state index in [1.807, 2.05) is 0 Å². The van der Waals surface area contributed by atoms with Gasteiger partial charge in [-0.2, -0.15) is 0 Å². The van der Waals surface area contributed by atoms with Crippen LogP contribution in [0.4, 0.5) is 8.78 Å². The third-order valence-electron chi connectivity index (χ3n) is 4.29. The Balaban J connectivity index is 1.67. The maximum absolute atomic E-state index is 13.9. The van der Waals surface area contributed by atoms with Crippen LogP contribution in [0, 0.1) is 11.6 Å².